The van der Waals surface area contributed by atoms with Gasteiger partial charge in [-0.25, -0.2) is 0 Å². The van der Waals surface area contributed by atoms with Gasteiger partial charge in [-0.15, -0.1) is 6.58 Å². The van der Waals surface area contributed by atoms with Crippen LogP contribution < -0.4 is 4.90 Å². The number of nitrogens with zero attached hydrogens (tertiary/aromatic N) is 2. The molecule has 5 aromatic carbocycles. The van der Waals surface area contributed by atoms with Gasteiger partial charge < -0.3 is 9.80 Å². The Morgan fingerprint density at radius 2 is 1.33 bits per heavy atom. The molecule has 0 heterocycles. The van der Waals surface area contributed by atoms with Crippen molar-refractivity contribution in [1.29, 1.82) is 0 Å². The maximum atomic E-state index is 4.05. The van der Waals surface area contributed by atoms with Crippen molar-refractivity contribution in [2.24, 2.45) is 0 Å². The van der Waals surface area contributed by atoms with Crippen LogP contribution in [-0.4, -0.2) is 18.0 Å². The van der Waals surface area contributed by atoms with E-state index in [0.717, 1.165) is 25.2 Å². The molecule has 0 aliphatic heterocycles. The summed E-state index contributed by atoms with van der Waals surface area (Å²) in [6.07, 6.45) is 26.3. The summed E-state index contributed by atoms with van der Waals surface area (Å²) in [5.41, 5.74) is 18.8. The third-order valence-electron chi connectivity index (χ3n) is 12.7. The molecule has 0 unspecified atom stereocenters. The number of rotatable bonds is 13. The summed E-state index contributed by atoms with van der Waals surface area (Å²) in [6, 6.07) is 43.0. The first-order chi connectivity index (χ1) is 31.2. The molecule has 0 radical (unpaired) electrons. The van der Waals surface area contributed by atoms with Gasteiger partial charge in [0.05, 0.1) is 5.41 Å². The van der Waals surface area contributed by atoms with E-state index < -0.39 is 0 Å². The van der Waals surface area contributed by atoms with E-state index in [1.54, 1.807) is 6.08 Å². The number of hydrogen-bond donors (Lipinski definition) is 0. The summed E-state index contributed by atoms with van der Waals surface area (Å²) >= 11 is 0. The lowest BCUT2D eigenvalue weighted by Crippen LogP contribution is -2.26. The standard InChI is InChI=1S/C38H31N.C17H31N.C4H8.C3H6/c1-26-24-28-22-23-30(25-36(28)38(26)34-19-9-7-17-32(34)33-18-8-10-20-35(33)38)39(29-14-3-2-4-15-29)37-21-11-13-27-12-5-6-16-31(27)37;1-6-8-10-11-12-13-17(5)15-18(16(3)4)14-9-7-2;1-3-4-2;1-3-2/h2-4,7-11,13-15,17-25H,5-6,12,16H2,1H3;7,9,13H,3,6,8,10-12,14-15H2,1-2,4-5H3;3-4H,1-2H3;3H,1H2,2H3/b;9-7-,17-13+;4-3-;. The number of allylic oxidation sites excluding steroid dienone is 7. The van der Waals surface area contributed by atoms with Gasteiger partial charge in [0.15, 0.2) is 0 Å². The summed E-state index contributed by atoms with van der Waals surface area (Å²) in [6.45, 7) is 26.2. The molecule has 334 valence electrons. The molecule has 64 heavy (non-hydrogen) atoms. The maximum Gasteiger partial charge on any atom is 0.0680 e. The second-order valence-electron chi connectivity index (χ2n) is 17.4. The first-order valence-corrected chi connectivity index (χ1v) is 24.0. The minimum atomic E-state index is -0.253. The quantitative estimate of drug-likeness (QED) is 0.0860. The Morgan fingerprint density at radius 3 is 1.95 bits per heavy atom. The minimum Gasteiger partial charge on any atom is -0.368 e. The van der Waals surface area contributed by atoms with Gasteiger partial charge >= 0.3 is 0 Å². The molecule has 2 heteroatoms. The number of benzene rings is 5. The van der Waals surface area contributed by atoms with E-state index in [9.17, 15) is 0 Å². The lowest BCUT2D eigenvalue weighted by atomic mass is 9.70. The number of fused-ring (bicyclic) bond motifs is 8. The third-order valence-corrected chi connectivity index (χ3v) is 12.7. The van der Waals surface area contributed by atoms with E-state index in [2.05, 4.69) is 197 Å². The van der Waals surface area contributed by atoms with E-state index in [-0.39, 0.29) is 5.41 Å². The van der Waals surface area contributed by atoms with Crippen LogP contribution >= 0.6 is 0 Å². The van der Waals surface area contributed by atoms with Crippen LogP contribution in [0.25, 0.3) is 17.2 Å². The molecule has 3 aliphatic carbocycles. The van der Waals surface area contributed by atoms with E-state index in [1.807, 2.05) is 32.9 Å². The molecule has 1 spiro atoms. The summed E-state index contributed by atoms with van der Waals surface area (Å²) in [7, 11) is 0. The van der Waals surface area contributed by atoms with Gasteiger partial charge in [0, 0.05) is 35.8 Å². The minimum absolute atomic E-state index is 0.253. The van der Waals surface area contributed by atoms with Crippen LogP contribution in [0.3, 0.4) is 0 Å². The topological polar surface area (TPSA) is 6.48 Å². The molecule has 2 nitrogen and oxygen atoms in total. The molecule has 3 aliphatic rings. The van der Waals surface area contributed by atoms with Crippen molar-refractivity contribution in [3.8, 4) is 11.1 Å². The third kappa shape index (κ3) is 11.4. The highest BCUT2D eigenvalue weighted by molar-refractivity contribution is 5.92. The molecular weight excluding hydrogens is 773 g/mol. The van der Waals surface area contributed by atoms with Gasteiger partial charge in [0.1, 0.15) is 0 Å². The van der Waals surface area contributed by atoms with Crippen LogP contribution in [0.4, 0.5) is 17.1 Å². The largest absolute Gasteiger partial charge is 0.368 e. The average molecular weight is 849 g/mol. The number of unbranched alkanes of at least 4 members (excludes halogenated alkanes) is 4. The fourth-order valence-electron chi connectivity index (χ4n) is 9.49. The van der Waals surface area contributed by atoms with Crippen molar-refractivity contribution in [3.05, 3.63) is 215 Å². The average Bonchev–Trinajstić information content (AvgIpc) is 3.79. The summed E-state index contributed by atoms with van der Waals surface area (Å²) in [5, 5.41) is 0. The first-order valence-electron chi connectivity index (χ1n) is 24.0. The lowest BCUT2D eigenvalue weighted by Gasteiger charge is -2.34. The maximum absolute atomic E-state index is 4.05. The Balaban J connectivity index is 0.000000260. The molecule has 0 amide bonds. The van der Waals surface area contributed by atoms with Crippen molar-refractivity contribution in [2.45, 2.75) is 119 Å². The van der Waals surface area contributed by atoms with Gasteiger partial charge in [-0.2, -0.15) is 0 Å². The Labute approximate surface area is 389 Å². The molecule has 8 rings (SSSR count). The Hall–Kier alpha value is -5.86. The fraction of sp³-hybridized carbons (Fsp3) is 0.323. The number of para-hydroxylation sites is 1. The Kier molecular flexibility index (Phi) is 19.1. The van der Waals surface area contributed by atoms with Crippen LogP contribution in [0.2, 0.25) is 0 Å². The van der Waals surface area contributed by atoms with Crippen molar-refractivity contribution in [1.82, 2.24) is 4.90 Å². The van der Waals surface area contributed by atoms with Gasteiger partial charge in [0.25, 0.3) is 0 Å². The molecule has 0 saturated heterocycles. The predicted octanol–water partition coefficient (Wildman–Crippen LogP) is 17.9. The van der Waals surface area contributed by atoms with Crippen LogP contribution in [0.15, 0.2) is 182 Å². The molecule has 0 aromatic heterocycles. The SMILES string of the molecule is C/C=C\C.C=C(C)N(C/C=C\C)C/C(C)=C/CCCCCC.C=CC.CC1=Cc2ccc(N(c3ccccc3)c3cccc4c3CCCC4)cc2C12c1ccccc1-c1ccccc12. The van der Waals surface area contributed by atoms with E-state index in [0.29, 0.717) is 0 Å². The van der Waals surface area contributed by atoms with Crippen molar-refractivity contribution in [2.75, 3.05) is 18.0 Å². The van der Waals surface area contributed by atoms with Crippen LogP contribution in [0.1, 0.15) is 134 Å². The molecule has 5 aromatic rings. The monoisotopic (exact) mass is 849 g/mol. The molecular formula is C62H76N2. The number of anilines is 3. The van der Waals surface area contributed by atoms with Gasteiger partial charge in [-0.1, -0.05) is 171 Å². The number of aryl methyl sites for hydroxylation is 1. The highest BCUT2D eigenvalue weighted by Crippen LogP contribution is 2.60. The molecule has 0 bridgehead atoms. The zero-order valence-corrected chi connectivity index (χ0v) is 40.6. The van der Waals surface area contributed by atoms with Crippen LogP contribution in [-0.2, 0) is 18.3 Å². The second-order valence-corrected chi connectivity index (χ2v) is 17.4. The van der Waals surface area contributed by atoms with Gasteiger partial charge in [-0.3, -0.25) is 0 Å². The van der Waals surface area contributed by atoms with Crippen molar-refractivity contribution < 1.29 is 0 Å². The summed E-state index contributed by atoms with van der Waals surface area (Å²) in [4.78, 5) is 4.82. The zero-order chi connectivity index (χ0) is 45.9. The van der Waals surface area contributed by atoms with Gasteiger partial charge in [-0.05, 0) is 162 Å². The highest BCUT2D eigenvalue weighted by atomic mass is 15.1. The van der Waals surface area contributed by atoms with Crippen molar-refractivity contribution >= 4 is 23.1 Å². The number of hydrogen-bond acceptors (Lipinski definition) is 2. The highest BCUT2D eigenvalue weighted by Gasteiger charge is 2.49. The lowest BCUT2D eigenvalue weighted by molar-refractivity contribution is 0.414. The van der Waals surface area contributed by atoms with E-state index >= 15 is 0 Å². The van der Waals surface area contributed by atoms with E-state index in [1.165, 1.54) is 124 Å². The Bertz CT molecular complexity index is 2350. The first kappa shape index (κ1) is 49.2. The normalized spacial score (nSPS) is 13.8. The molecule has 0 N–H and O–H groups in total. The molecule has 0 fully saturated rings. The summed E-state index contributed by atoms with van der Waals surface area (Å²) < 4.78 is 0. The van der Waals surface area contributed by atoms with Gasteiger partial charge in [0.2, 0.25) is 0 Å². The summed E-state index contributed by atoms with van der Waals surface area (Å²) in [5.74, 6) is 0. The second kappa shape index (κ2) is 24.8. The van der Waals surface area contributed by atoms with Crippen LogP contribution in [0.5, 0.6) is 0 Å². The fourth-order valence-corrected chi connectivity index (χ4v) is 9.49. The smallest absolute Gasteiger partial charge is 0.0680 e. The predicted molar refractivity (Wildman–Crippen MR) is 283 cm³/mol. The zero-order valence-electron chi connectivity index (χ0n) is 40.6. The molecule has 0 atom stereocenters. The van der Waals surface area contributed by atoms with E-state index in [4.69, 9.17) is 0 Å². The van der Waals surface area contributed by atoms with Crippen molar-refractivity contribution in [3.63, 3.8) is 0 Å². The Morgan fingerprint density at radius 1 is 0.688 bits per heavy atom. The van der Waals surface area contributed by atoms with Crippen LogP contribution in [0, 0.1) is 0 Å². The molecule has 0 saturated carbocycles.